The zero-order valence-electron chi connectivity index (χ0n) is 16.6. The van der Waals surface area contributed by atoms with Gasteiger partial charge in [-0.2, -0.15) is 5.26 Å². The van der Waals surface area contributed by atoms with Crippen LogP contribution in [0.15, 0.2) is 30.5 Å². The number of carbonyl (C=O) groups excluding carboxylic acids is 2. The Kier molecular flexibility index (Phi) is 6.62. The number of nitriles is 1. The maximum Gasteiger partial charge on any atom is 0.252 e. The summed E-state index contributed by atoms with van der Waals surface area (Å²) in [7, 11) is 1.98. The van der Waals surface area contributed by atoms with Gasteiger partial charge in [0.1, 0.15) is 6.04 Å². The summed E-state index contributed by atoms with van der Waals surface area (Å²) >= 11 is 0. The van der Waals surface area contributed by atoms with Crippen molar-refractivity contribution in [3.8, 4) is 6.07 Å². The third-order valence-corrected chi connectivity index (χ3v) is 5.23. The fourth-order valence-corrected chi connectivity index (χ4v) is 3.58. The van der Waals surface area contributed by atoms with Gasteiger partial charge in [-0.1, -0.05) is 0 Å². The first-order valence-corrected chi connectivity index (χ1v) is 9.82. The fourth-order valence-electron chi connectivity index (χ4n) is 3.58. The molecule has 1 aromatic heterocycles. The predicted molar refractivity (Wildman–Crippen MR) is 111 cm³/mol. The molecule has 1 fully saturated rings. The van der Waals surface area contributed by atoms with E-state index in [-0.39, 0.29) is 18.4 Å². The van der Waals surface area contributed by atoms with Crippen molar-refractivity contribution >= 4 is 28.4 Å². The van der Waals surface area contributed by atoms with E-state index in [1.807, 2.05) is 25.2 Å². The maximum absolute atomic E-state index is 12.8. The molecular formula is C21H26N6O2. The molecule has 1 saturated heterocycles. The average molecular weight is 394 g/mol. The van der Waals surface area contributed by atoms with Crippen LogP contribution >= 0.6 is 0 Å². The number of hydrogen-bond donors (Lipinski definition) is 2. The summed E-state index contributed by atoms with van der Waals surface area (Å²) in [6.45, 7) is 1.86. The summed E-state index contributed by atoms with van der Waals surface area (Å²) in [5.74, 6) is -0.566. The van der Waals surface area contributed by atoms with Gasteiger partial charge in [0.2, 0.25) is 5.91 Å². The van der Waals surface area contributed by atoms with Crippen molar-refractivity contribution in [1.82, 2.24) is 15.2 Å². The van der Waals surface area contributed by atoms with E-state index in [2.05, 4.69) is 21.3 Å². The normalized spacial score (nSPS) is 15.9. The number of carbonyl (C=O) groups is 2. The van der Waals surface area contributed by atoms with E-state index in [9.17, 15) is 9.59 Å². The number of amides is 2. The summed E-state index contributed by atoms with van der Waals surface area (Å²) in [6, 6.07) is 9.18. The molecule has 1 aliphatic heterocycles. The molecule has 152 valence electrons. The van der Waals surface area contributed by atoms with E-state index in [0.717, 1.165) is 30.5 Å². The molecule has 8 nitrogen and oxygen atoms in total. The molecule has 29 heavy (non-hydrogen) atoms. The van der Waals surface area contributed by atoms with Gasteiger partial charge in [0.05, 0.1) is 23.7 Å². The molecule has 1 aliphatic rings. The zero-order valence-corrected chi connectivity index (χ0v) is 16.6. The van der Waals surface area contributed by atoms with E-state index < -0.39 is 6.04 Å². The molecule has 3 N–H and O–H groups in total. The van der Waals surface area contributed by atoms with Gasteiger partial charge in [-0.05, 0) is 50.1 Å². The molecule has 2 heterocycles. The number of nitrogens with two attached hydrogens (primary N) is 1. The van der Waals surface area contributed by atoms with Crippen molar-refractivity contribution in [3.05, 3.63) is 36.0 Å². The Hall–Kier alpha value is -3.18. The van der Waals surface area contributed by atoms with Crippen LogP contribution in [0.3, 0.4) is 0 Å². The molecular weight excluding hydrogens is 368 g/mol. The number of likely N-dealkylation sites (tertiary alicyclic amines) is 1. The lowest BCUT2D eigenvalue weighted by Gasteiger charge is -2.20. The van der Waals surface area contributed by atoms with Crippen LogP contribution < -0.4 is 16.0 Å². The fraction of sp³-hybridized carbons (Fsp3) is 0.429. The minimum absolute atomic E-state index is 0.128. The standard InChI is InChI=1S/C21H26N6O2/c1-26(10-3-8-22)15-5-6-19-18(12-15)17(7-9-24-19)21(29)25-14-20(28)27-11-2-4-16(27)13-23/h5-7,9,12,16H,2-4,8,10-11,14,22H2,1H3,(H,25,29)/t16-/m0/s1. The van der Waals surface area contributed by atoms with Crippen LogP contribution in [0.25, 0.3) is 10.9 Å². The van der Waals surface area contributed by atoms with Gasteiger partial charge in [-0.3, -0.25) is 14.6 Å². The number of anilines is 1. The molecule has 0 saturated carbocycles. The number of aromatic nitrogens is 1. The number of hydrogen-bond acceptors (Lipinski definition) is 6. The topological polar surface area (TPSA) is 115 Å². The molecule has 3 rings (SSSR count). The van der Waals surface area contributed by atoms with E-state index in [1.54, 1.807) is 12.3 Å². The largest absolute Gasteiger partial charge is 0.375 e. The number of benzene rings is 1. The monoisotopic (exact) mass is 394 g/mol. The van der Waals surface area contributed by atoms with Crippen molar-refractivity contribution in [2.45, 2.75) is 25.3 Å². The Morgan fingerprint density at radius 2 is 2.24 bits per heavy atom. The van der Waals surface area contributed by atoms with E-state index in [0.29, 0.717) is 30.6 Å². The highest BCUT2D eigenvalue weighted by molar-refractivity contribution is 6.07. The van der Waals surface area contributed by atoms with Crippen LogP contribution in [0, 0.1) is 11.3 Å². The minimum atomic E-state index is -0.396. The first-order valence-electron chi connectivity index (χ1n) is 9.82. The van der Waals surface area contributed by atoms with Gasteiger partial charge >= 0.3 is 0 Å². The van der Waals surface area contributed by atoms with Gasteiger partial charge in [-0.15, -0.1) is 0 Å². The predicted octanol–water partition coefficient (Wildman–Crippen LogP) is 1.26. The Balaban J connectivity index is 1.75. The quantitative estimate of drug-likeness (QED) is 0.731. The molecule has 1 aromatic carbocycles. The average Bonchev–Trinajstić information content (AvgIpc) is 3.23. The van der Waals surface area contributed by atoms with Crippen LogP contribution in [0.5, 0.6) is 0 Å². The van der Waals surface area contributed by atoms with Crippen molar-refractivity contribution in [2.75, 3.05) is 38.1 Å². The second-order valence-electron chi connectivity index (χ2n) is 7.18. The van der Waals surface area contributed by atoms with Crippen LogP contribution in [0.4, 0.5) is 5.69 Å². The molecule has 0 unspecified atom stereocenters. The van der Waals surface area contributed by atoms with Gasteiger partial charge in [0, 0.05) is 37.4 Å². The third kappa shape index (κ3) is 4.63. The molecule has 2 aromatic rings. The second-order valence-corrected chi connectivity index (χ2v) is 7.18. The molecule has 8 heteroatoms. The lowest BCUT2D eigenvalue weighted by molar-refractivity contribution is -0.130. The molecule has 0 spiro atoms. The molecule has 1 atom stereocenters. The van der Waals surface area contributed by atoms with Crippen molar-refractivity contribution < 1.29 is 9.59 Å². The smallest absolute Gasteiger partial charge is 0.252 e. The van der Waals surface area contributed by atoms with E-state index in [4.69, 9.17) is 11.0 Å². The molecule has 0 bridgehead atoms. The number of nitrogens with zero attached hydrogens (tertiary/aromatic N) is 4. The number of fused-ring (bicyclic) bond motifs is 1. The molecule has 0 aliphatic carbocycles. The second kappa shape index (κ2) is 9.34. The van der Waals surface area contributed by atoms with Crippen LogP contribution in [-0.2, 0) is 4.79 Å². The van der Waals surface area contributed by atoms with Crippen molar-refractivity contribution in [2.24, 2.45) is 5.73 Å². The summed E-state index contributed by atoms with van der Waals surface area (Å²) in [4.78, 5) is 33.1. The first-order chi connectivity index (χ1) is 14.0. The molecule has 2 amide bonds. The number of nitrogens with one attached hydrogen (secondary N) is 1. The Morgan fingerprint density at radius 1 is 1.41 bits per heavy atom. The van der Waals surface area contributed by atoms with E-state index in [1.165, 1.54) is 4.90 Å². The summed E-state index contributed by atoms with van der Waals surface area (Å²) < 4.78 is 0. The van der Waals surface area contributed by atoms with Gasteiger partial charge in [-0.25, -0.2) is 0 Å². The Labute approximate surface area is 170 Å². The lowest BCUT2D eigenvalue weighted by Crippen LogP contribution is -2.42. The maximum atomic E-state index is 12.8. The molecule has 0 radical (unpaired) electrons. The summed E-state index contributed by atoms with van der Waals surface area (Å²) in [5.41, 5.74) is 7.74. The first kappa shape index (κ1) is 20.6. The number of rotatable bonds is 7. The zero-order chi connectivity index (χ0) is 20.8. The number of pyridine rings is 1. The Morgan fingerprint density at radius 3 is 3.00 bits per heavy atom. The highest BCUT2D eigenvalue weighted by Crippen LogP contribution is 2.23. The van der Waals surface area contributed by atoms with Crippen LogP contribution in [0.2, 0.25) is 0 Å². The summed E-state index contributed by atoms with van der Waals surface area (Å²) in [5, 5.41) is 12.6. The van der Waals surface area contributed by atoms with Gasteiger partial charge < -0.3 is 20.9 Å². The lowest BCUT2D eigenvalue weighted by atomic mass is 10.1. The van der Waals surface area contributed by atoms with Crippen LogP contribution in [-0.4, -0.2) is 61.0 Å². The summed E-state index contributed by atoms with van der Waals surface area (Å²) in [6.07, 6.45) is 3.96. The SMILES string of the molecule is CN(CCCN)c1ccc2nccc(C(=O)NCC(=O)N3CCC[C@H]3C#N)c2c1. The van der Waals surface area contributed by atoms with E-state index >= 15 is 0 Å². The van der Waals surface area contributed by atoms with Gasteiger partial charge in [0.25, 0.3) is 5.91 Å². The van der Waals surface area contributed by atoms with Crippen LogP contribution in [0.1, 0.15) is 29.6 Å². The highest BCUT2D eigenvalue weighted by atomic mass is 16.2. The minimum Gasteiger partial charge on any atom is -0.375 e. The van der Waals surface area contributed by atoms with Crippen molar-refractivity contribution in [1.29, 1.82) is 5.26 Å². The Bertz CT molecular complexity index is 938. The highest BCUT2D eigenvalue weighted by Gasteiger charge is 2.28. The van der Waals surface area contributed by atoms with Crippen molar-refractivity contribution in [3.63, 3.8) is 0 Å². The third-order valence-electron chi connectivity index (χ3n) is 5.23. The van der Waals surface area contributed by atoms with Gasteiger partial charge in [0.15, 0.2) is 0 Å².